The number of hydrogen-bond acceptors (Lipinski definition) is 9. The van der Waals surface area contributed by atoms with E-state index in [1.165, 1.54) is 6.26 Å². The molecule has 0 aliphatic carbocycles. The summed E-state index contributed by atoms with van der Waals surface area (Å²) in [6.45, 7) is 6.98. The van der Waals surface area contributed by atoms with Gasteiger partial charge in [-0.05, 0) is 50.8 Å². The van der Waals surface area contributed by atoms with Crippen molar-refractivity contribution in [2.75, 3.05) is 39.5 Å². The normalized spacial score (nSPS) is 19.7. The van der Waals surface area contributed by atoms with Gasteiger partial charge in [0.05, 0.1) is 31.5 Å². The van der Waals surface area contributed by atoms with Crippen LogP contribution in [0.4, 0.5) is 4.79 Å². The van der Waals surface area contributed by atoms with Crippen LogP contribution in [0, 0.1) is 11.3 Å². The van der Waals surface area contributed by atoms with Gasteiger partial charge in [0, 0.05) is 30.6 Å². The smallest absolute Gasteiger partial charge is 0.464 e. The van der Waals surface area contributed by atoms with Crippen LogP contribution in [0.2, 0.25) is 0 Å². The van der Waals surface area contributed by atoms with Gasteiger partial charge in [-0.2, -0.15) is 5.26 Å². The van der Waals surface area contributed by atoms with Crippen molar-refractivity contribution < 1.29 is 33.5 Å². The number of nitrogens with one attached hydrogen (secondary N) is 1. The predicted octanol–water partition coefficient (Wildman–Crippen LogP) is 2.41. The maximum Gasteiger partial charge on any atom is 0.475 e. The fourth-order valence-electron chi connectivity index (χ4n) is 5.52. The van der Waals surface area contributed by atoms with Crippen molar-refractivity contribution in [3.05, 3.63) is 47.7 Å². The number of morpholine rings is 1. The van der Waals surface area contributed by atoms with Gasteiger partial charge in [-0.25, -0.2) is 4.79 Å². The van der Waals surface area contributed by atoms with Crippen LogP contribution in [0.25, 0.3) is 11.0 Å². The van der Waals surface area contributed by atoms with Crippen molar-refractivity contribution in [1.82, 2.24) is 15.1 Å². The summed E-state index contributed by atoms with van der Waals surface area (Å²) in [6.07, 6.45) is 5.75. The molecule has 0 spiro atoms. The number of rotatable bonds is 9. The van der Waals surface area contributed by atoms with E-state index < -0.39 is 30.7 Å². The first-order chi connectivity index (χ1) is 19.7. The van der Waals surface area contributed by atoms with E-state index in [1.807, 2.05) is 32.0 Å². The Labute approximate surface area is 240 Å². The van der Waals surface area contributed by atoms with E-state index in [-0.39, 0.29) is 24.5 Å². The second-order valence-corrected chi connectivity index (χ2v) is 11.1. The number of likely N-dealkylation sites (tertiary alicyclic amines) is 1. The molecule has 220 valence electrons. The fourth-order valence-corrected chi connectivity index (χ4v) is 5.52. The Morgan fingerprint density at radius 1 is 1.22 bits per heavy atom. The van der Waals surface area contributed by atoms with Crippen molar-refractivity contribution in [1.29, 1.82) is 5.26 Å². The number of nitriles is 1. The highest BCUT2D eigenvalue weighted by Crippen LogP contribution is 2.24. The monoisotopic (exact) mass is 566 g/mol. The third-order valence-electron chi connectivity index (χ3n) is 7.88. The van der Waals surface area contributed by atoms with Crippen LogP contribution in [0.3, 0.4) is 0 Å². The molecule has 2 aromatic rings. The van der Waals surface area contributed by atoms with E-state index in [0.29, 0.717) is 44.9 Å². The number of carbonyl (C=O) groups is 2. The lowest BCUT2D eigenvalue weighted by molar-refractivity contribution is -0.129. The van der Waals surface area contributed by atoms with Crippen LogP contribution in [0.15, 0.2) is 46.6 Å². The molecule has 0 saturated carbocycles. The average molecular weight is 566 g/mol. The predicted molar refractivity (Wildman–Crippen MR) is 153 cm³/mol. The van der Waals surface area contributed by atoms with Crippen molar-refractivity contribution >= 4 is 30.1 Å². The summed E-state index contributed by atoms with van der Waals surface area (Å²) in [6, 6.07) is 9.05. The maximum atomic E-state index is 13.6. The minimum absolute atomic E-state index is 0.0636. The molecule has 0 radical (unpaired) electrons. The first-order valence-electron chi connectivity index (χ1n) is 14.2. The van der Waals surface area contributed by atoms with Crippen LogP contribution < -0.4 is 5.32 Å². The summed E-state index contributed by atoms with van der Waals surface area (Å²) in [5, 5.41) is 33.1. The number of fused-ring (bicyclic) bond motifs is 1. The van der Waals surface area contributed by atoms with Crippen LogP contribution >= 0.6 is 0 Å². The minimum atomic E-state index is -1.83. The molecule has 12 heteroatoms. The van der Waals surface area contributed by atoms with Crippen LogP contribution in [0.1, 0.15) is 45.1 Å². The summed E-state index contributed by atoms with van der Waals surface area (Å²) in [5.41, 5.74) is 0.931. The zero-order valence-corrected chi connectivity index (χ0v) is 23.8. The van der Waals surface area contributed by atoms with Crippen LogP contribution in [0.5, 0.6) is 0 Å². The summed E-state index contributed by atoms with van der Waals surface area (Å²) >= 11 is 0. The lowest BCUT2D eigenvalue weighted by Gasteiger charge is -2.39. The number of furan rings is 1. The molecule has 0 bridgehead atoms. The van der Waals surface area contributed by atoms with Gasteiger partial charge in [-0.1, -0.05) is 31.0 Å². The van der Waals surface area contributed by atoms with Gasteiger partial charge in [0.2, 0.25) is 0 Å². The molecule has 1 aromatic carbocycles. The molecule has 2 atom stereocenters. The first kappa shape index (κ1) is 30.6. The number of hydrogen-bond donors (Lipinski definition) is 3. The largest absolute Gasteiger partial charge is 0.475 e. The average Bonchev–Trinajstić information content (AvgIpc) is 3.22. The highest BCUT2D eigenvalue weighted by Gasteiger charge is 2.33. The van der Waals surface area contributed by atoms with Gasteiger partial charge in [-0.3, -0.25) is 9.69 Å². The summed E-state index contributed by atoms with van der Waals surface area (Å²) in [7, 11) is -1.83. The standard InChI is InChI=1S/C29H39BN4O7/c1-29(2,33-12-14-39-15-13-33)17-22(18-31)27(35)34-11-7-3-4-8-23(34)20-41-28(36)32-26(30(37)38)16-21-19-40-25-10-6-5-9-24(21)25/h5-6,9-10,17,19,23,26,37-38H,3-4,7-8,11-16,20H2,1-2H3,(H,32,36)/t23-,26-/m0/s1. The second kappa shape index (κ2) is 14.0. The van der Waals surface area contributed by atoms with Gasteiger partial charge < -0.3 is 34.2 Å². The van der Waals surface area contributed by atoms with Crippen LogP contribution in [-0.4, -0.2) is 95.9 Å². The fraction of sp³-hybridized carbons (Fsp3) is 0.552. The Morgan fingerprint density at radius 2 is 1.98 bits per heavy atom. The topological polar surface area (TPSA) is 148 Å². The Morgan fingerprint density at radius 3 is 2.71 bits per heavy atom. The molecule has 3 N–H and O–H groups in total. The molecule has 0 unspecified atom stereocenters. The van der Waals surface area contributed by atoms with Crippen molar-refractivity contribution in [2.24, 2.45) is 0 Å². The lowest BCUT2D eigenvalue weighted by Crippen LogP contribution is -2.50. The van der Waals surface area contributed by atoms with Crippen molar-refractivity contribution in [3.63, 3.8) is 0 Å². The van der Waals surface area contributed by atoms with Crippen molar-refractivity contribution in [3.8, 4) is 6.07 Å². The van der Waals surface area contributed by atoms with Gasteiger partial charge in [0.1, 0.15) is 23.8 Å². The van der Waals surface area contributed by atoms with E-state index in [2.05, 4.69) is 16.3 Å². The maximum absolute atomic E-state index is 13.6. The molecular weight excluding hydrogens is 527 g/mol. The molecule has 1 aromatic heterocycles. The Hall–Kier alpha value is -3.37. The molecular formula is C29H39BN4O7. The SMILES string of the molecule is CC(C)(C=C(C#N)C(=O)N1CCCCC[C@H]1COC(=O)N[C@@H](Cc1coc2ccccc12)B(O)O)N1CCOCC1. The van der Waals surface area contributed by atoms with Gasteiger partial charge in [0.15, 0.2) is 0 Å². The lowest BCUT2D eigenvalue weighted by atomic mass is 9.76. The third kappa shape index (κ3) is 7.89. The molecule has 3 heterocycles. The molecule has 4 rings (SSSR count). The van der Waals surface area contributed by atoms with Gasteiger partial charge >= 0.3 is 13.2 Å². The third-order valence-corrected chi connectivity index (χ3v) is 7.88. The number of benzene rings is 1. The number of nitrogens with zero attached hydrogens (tertiary/aromatic N) is 3. The molecule has 11 nitrogen and oxygen atoms in total. The first-order valence-corrected chi connectivity index (χ1v) is 14.2. The molecule has 2 aliphatic rings. The Balaban J connectivity index is 1.40. The summed E-state index contributed by atoms with van der Waals surface area (Å²) in [5.74, 6) is -1.41. The highest BCUT2D eigenvalue weighted by molar-refractivity contribution is 6.43. The van der Waals surface area contributed by atoms with Crippen LogP contribution in [-0.2, 0) is 20.7 Å². The van der Waals surface area contributed by atoms with E-state index in [9.17, 15) is 24.9 Å². The van der Waals surface area contributed by atoms with E-state index in [4.69, 9.17) is 13.9 Å². The number of para-hydroxylation sites is 1. The number of ether oxygens (including phenoxy) is 2. The minimum Gasteiger partial charge on any atom is -0.464 e. The quantitative estimate of drug-likeness (QED) is 0.236. The van der Waals surface area contributed by atoms with E-state index in [0.717, 1.165) is 30.2 Å². The Bertz CT molecular complexity index is 1270. The number of amides is 2. The van der Waals surface area contributed by atoms with Crippen molar-refractivity contribution in [2.45, 2.75) is 63.5 Å². The second-order valence-electron chi connectivity index (χ2n) is 11.1. The number of carbonyl (C=O) groups excluding carboxylic acids is 2. The molecule has 2 amide bonds. The summed E-state index contributed by atoms with van der Waals surface area (Å²) < 4.78 is 16.5. The Kier molecular flexibility index (Phi) is 10.4. The molecule has 2 saturated heterocycles. The zero-order valence-electron chi connectivity index (χ0n) is 23.8. The van der Waals surface area contributed by atoms with E-state index in [1.54, 1.807) is 17.0 Å². The highest BCUT2D eigenvalue weighted by atomic mass is 16.5. The van der Waals surface area contributed by atoms with E-state index >= 15 is 0 Å². The molecule has 41 heavy (non-hydrogen) atoms. The number of alkyl carbamates (subject to hydrolysis) is 1. The summed E-state index contributed by atoms with van der Waals surface area (Å²) in [4.78, 5) is 30.2. The van der Waals surface area contributed by atoms with Gasteiger partial charge in [0.25, 0.3) is 5.91 Å². The molecule has 2 fully saturated rings. The zero-order chi connectivity index (χ0) is 29.4. The van der Waals surface area contributed by atoms with Gasteiger partial charge in [-0.15, -0.1) is 0 Å². The molecule has 2 aliphatic heterocycles.